The zero-order valence-corrected chi connectivity index (χ0v) is 32.6. The Hall–Kier alpha value is -4.70. The average molecular weight is 781 g/mol. The summed E-state index contributed by atoms with van der Waals surface area (Å²) in [5, 5.41) is 7.44. The van der Waals surface area contributed by atoms with E-state index in [0.717, 1.165) is 70.4 Å². The zero-order valence-electron chi connectivity index (χ0n) is 31.1. The fourth-order valence-electron chi connectivity index (χ4n) is 6.67. The van der Waals surface area contributed by atoms with Crippen LogP contribution in [0.2, 0.25) is 0 Å². The molecule has 0 aliphatic heterocycles. The fraction of sp³-hybridized carbons (Fsp3) is 0.289. The Kier molecular flexibility index (Phi) is 11.0. The van der Waals surface area contributed by atoms with Crippen LogP contribution >= 0.6 is 0 Å². The van der Waals surface area contributed by atoms with Crippen molar-refractivity contribution in [2.75, 3.05) is 0 Å². The van der Waals surface area contributed by atoms with Crippen molar-refractivity contribution in [1.29, 1.82) is 0 Å². The molecule has 4 aromatic carbocycles. The number of rotatable bonds is 11. The van der Waals surface area contributed by atoms with Crippen LogP contribution in [-0.4, -0.2) is 25.4 Å². The number of ether oxygens (including phenoxy) is 2. The predicted molar refractivity (Wildman–Crippen MR) is 208 cm³/mol. The van der Waals surface area contributed by atoms with Crippen LogP contribution < -0.4 is 9.47 Å². The van der Waals surface area contributed by atoms with Crippen molar-refractivity contribution in [1.82, 2.24) is 19.3 Å². The number of hydrogen-bond donors (Lipinski definition) is 0. The largest absolute Gasteiger partial charge is 2.00 e. The Morgan fingerprint density at radius 2 is 1.60 bits per heavy atom. The van der Waals surface area contributed by atoms with Crippen LogP contribution in [0.1, 0.15) is 71.3 Å². The quantitative estimate of drug-likeness (QED) is 0.0969. The Bertz CT molecular complexity index is 2310. The van der Waals surface area contributed by atoms with Gasteiger partial charge in [-0.2, -0.15) is 17.2 Å². The Labute approximate surface area is 321 Å². The standard InChI is InChI=1S/C45H46N4O2.Pd/c1-8-12-39-44(32-19-17-31(4)18-20-32)41(23-25-45(5,6)7)49(47-39)33-13-11-14-34(27-33)51-35-21-22-38-37-15-9-10-16-40(37)48(42(38)28-35)43-29-36(24-26-46-43)50-30(2)3;/h9-11,13-22,24,26,29-30H,8,12,23,25H2,1-7H3;/q-2;+2. The molecule has 7 aromatic rings. The Balaban J connectivity index is 0.00000464. The fourth-order valence-corrected chi connectivity index (χ4v) is 6.67. The SMILES string of the molecule is CCCc1nn(-c2[c-]c(Oc3[c-]c4c(cc3)c3ccccc3n4-c3cc(OC(C)C)ccn3)ccc2)c(CCC(C)(C)C)c1-c1ccc(C)cc1.[Pd+2]. The van der Waals surface area contributed by atoms with E-state index in [1.807, 2.05) is 50.2 Å². The van der Waals surface area contributed by atoms with Gasteiger partial charge in [0.05, 0.1) is 11.8 Å². The van der Waals surface area contributed by atoms with Gasteiger partial charge in [0.15, 0.2) is 0 Å². The maximum atomic E-state index is 6.54. The molecule has 0 fully saturated rings. The molecule has 0 aliphatic carbocycles. The minimum Gasteiger partial charge on any atom is -0.509 e. The van der Waals surface area contributed by atoms with Crippen LogP contribution in [0.15, 0.2) is 97.2 Å². The van der Waals surface area contributed by atoms with E-state index in [9.17, 15) is 0 Å². The van der Waals surface area contributed by atoms with Gasteiger partial charge in [-0.25, -0.2) is 4.98 Å². The first kappa shape index (κ1) is 37.1. The summed E-state index contributed by atoms with van der Waals surface area (Å²) >= 11 is 0. The monoisotopic (exact) mass is 780 g/mol. The molecule has 0 atom stereocenters. The van der Waals surface area contributed by atoms with Crippen LogP contribution in [0.3, 0.4) is 0 Å². The van der Waals surface area contributed by atoms with Gasteiger partial charge >= 0.3 is 20.4 Å². The zero-order chi connectivity index (χ0) is 35.7. The molecule has 0 saturated carbocycles. The molecule has 3 aromatic heterocycles. The Morgan fingerprint density at radius 3 is 2.35 bits per heavy atom. The van der Waals surface area contributed by atoms with Gasteiger partial charge in [0.1, 0.15) is 11.6 Å². The first-order valence-electron chi connectivity index (χ1n) is 18.0. The summed E-state index contributed by atoms with van der Waals surface area (Å²) in [6.45, 7) is 15.3. The van der Waals surface area contributed by atoms with Gasteiger partial charge in [-0.05, 0) is 74.2 Å². The van der Waals surface area contributed by atoms with E-state index in [-0.39, 0.29) is 31.9 Å². The number of para-hydroxylation sites is 1. The third-order valence-corrected chi connectivity index (χ3v) is 9.07. The van der Waals surface area contributed by atoms with E-state index >= 15 is 0 Å². The number of nitrogens with zero attached hydrogens (tertiary/aromatic N) is 4. The second kappa shape index (κ2) is 15.5. The van der Waals surface area contributed by atoms with Gasteiger partial charge < -0.3 is 14.0 Å². The molecular formula is C45H46N4O2Pd. The second-order valence-electron chi connectivity index (χ2n) is 14.8. The molecule has 0 bridgehead atoms. The van der Waals surface area contributed by atoms with E-state index < -0.39 is 0 Å². The van der Waals surface area contributed by atoms with E-state index in [2.05, 4.69) is 111 Å². The van der Waals surface area contributed by atoms with Gasteiger partial charge in [-0.1, -0.05) is 87.7 Å². The molecule has 0 radical (unpaired) electrons. The van der Waals surface area contributed by atoms with Gasteiger partial charge in [0, 0.05) is 40.5 Å². The maximum absolute atomic E-state index is 6.54. The number of hydrogen-bond acceptors (Lipinski definition) is 4. The minimum absolute atomic E-state index is 0. The van der Waals surface area contributed by atoms with Crippen molar-refractivity contribution in [3.05, 3.63) is 126 Å². The predicted octanol–water partition coefficient (Wildman–Crippen LogP) is 11.4. The van der Waals surface area contributed by atoms with Crippen LogP contribution in [0, 0.1) is 24.5 Å². The van der Waals surface area contributed by atoms with E-state index in [4.69, 9.17) is 19.6 Å². The van der Waals surface area contributed by atoms with E-state index in [1.54, 1.807) is 6.20 Å². The first-order valence-corrected chi connectivity index (χ1v) is 18.0. The molecule has 0 amide bonds. The molecule has 268 valence electrons. The maximum Gasteiger partial charge on any atom is 2.00 e. The van der Waals surface area contributed by atoms with Gasteiger partial charge in [0.25, 0.3) is 0 Å². The molecule has 0 unspecified atom stereocenters. The summed E-state index contributed by atoms with van der Waals surface area (Å²) in [6.07, 6.45) is 5.69. The van der Waals surface area contributed by atoms with Crippen molar-refractivity contribution in [2.45, 2.75) is 80.3 Å². The number of pyridine rings is 1. The topological polar surface area (TPSA) is 54.1 Å². The molecule has 0 spiro atoms. The minimum atomic E-state index is 0. The number of aryl methyl sites for hydroxylation is 2. The third-order valence-electron chi connectivity index (χ3n) is 9.07. The smallest absolute Gasteiger partial charge is 0.509 e. The third kappa shape index (κ3) is 7.87. The molecule has 52 heavy (non-hydrogen) atoms. The van der Waals surface area contributed by atoms with Crippen LogP contribution in [0.4, 0.5) is 0 Å². The van der Waals surface area contributed by atoms with Crippen LogP contribution in [0.5, 0.6) is 17.2 Å². The number of fused-ring (bicyclic) bond motifs is 3. The van der Waals surface area contributed by atoms with E-state index in [0.29, 0.717) is 11.5 Å². The first-order chi connectivity index (χ1) is 24.6. The van der Waals surface area contributed by atoms with Gasteiger partial charge in [-0.15, -0.1) is 35.7 Å². The Morgan fingerprint density at radius 1 is 0.827 bits per heavy atom. The molecular weight excluding hydrogens is 735 g/mol. The molecule has 7 heteroatoms. The van der Waals surface area contributed by atoms with Crippen molar-refractivity contribution < 1.29 is 29.9 Å². The van der Waals surface area contributed by atoms with Crippen molar-refractivity contribution in [3.8, 4) is 39.9 Å². The molecule has 0 saturated heterocycles. The van der Waals surface area contributed by atoms with Crippen molar-refractivity contribution >= 4 is 21.8 Å². The molecule has 0 N–H and O–H groups in total. The van der Waals surface area contributed by atoms with Gasteiger partial charge in [-0.3, -0.25) is 4.68 Å². The van der Waals surface area contributed by atoms with Crippen molar-refractivity contribution in [3.63, 3.8) is 0 Å². The molecule has 3 heterocycles. The normalized spacial score (nSPS) is 11.7. The summed E-state index contributed by atoms with van der Waals surface area (Å²) in [6, 6.07) is 38.3. The molecule has 0 aliphatic rings. The van der Waals surface area contributed by atoms with E-state index in [1.165, 1.54) is 22.4 Å². The summed E-state index contributed by atoms with van der Waals surface area (Å²) in [5.41, 5.74) is 8.97. The average Bonchev–Trinajstić information content (AvgIpc) is 3.63. The summed E-state index contributed by atoms with van der Waals surface area (Å²) in [7, 11) is 0. The van der Waals surface area contributed by atoms with Crippen LogP contribution in [0.25, 0.3) is 44.4 Å². The molecule has 6 nitrogen and oxygen atoms in total. The number of aromatic nitrogens is 4. The van der Waals surface area contributed by atoms with Crippen LogP contribution in [-0.2, 0) is 33.3 Å². The van der Waals surface area contributed by atoms with Crippen molar-refractivity contribution in [2.24, 2.45) is 5.41 Å². The summed E-state index contributed by atoms with van der Waals surface area (Å²) in [5.74, 6) is 2.72. The molecule has 7 rings (SSSR count). The number of benzene rings is 4. The summed E-state index contributed by atoms with van der Waals surface area (Å²) in [4.78, 5) is 4.74. The summed E-state index contributed by atoms with van der Waals surface area (Å²) < 4.78 is 16.8. The van der Waals surface area contributed by atoms with Gasteiger partial charge in [0.2, 0.25) is 0 Å². The second-order valence-corrected chi connectivity index (χ2v) is 14.8.